The lowest BCUT2D eigenvalue weighted by Gasteiger charge is -2.35. The average molecular weight is 893 g/mol. The van der Waals surface area contributed by atoms with Gasteiger partial charge in [0.05, 0.1) is 16.6 Å². The van der Waals surface area contributed by atoms with Gasteiger partial charge in [-0.25, -0.2) is 0 Å². The summed E-state index contributed by atoms with van der Waals surface area (Å²) in [7, 11) is 0. The summed E-state index contributed by atoms with van der Waals surface area (Å²) in [6.45, 7) is 0. The first kappa shape index (κ1) is 39.9. The molecule has 11 aromatic carbocycles. The smallest absolute Gasteiger partial charge is 0.161 e. The van der Waals surface area contributed by atoms with E-state index >= 15 is 0 Å². The SMILES string of the molecule is c1ccc(-n2c3ccccc3c3oc4c(-c5ccccc5N(c5ccc(-c6cccc7ccccc67)cc5)c5ccc6c(c5)C(c5ccccc5)(c5ccccc5)c5ccccc5-6)cccc4c32)cc1. The number of furan rings is 1. The minimum Gasteiger partial charge on any atom is -0.453 e. The van der Waals surface area contributed by atoms with Gasteiger partial charge in [-0.15, -0.1) is 0 Å². The maximum absolute atomic E-state index is 7.18. The van der Waals surface area contributed by atoms with Gasteiger partial charge < -0.3 is 13.9 Å². The molecule has 0 amide bonds. The fourth-order valence-corrected chi connectivity index (χ4v) is 11.7. The highest BCUT2D eigenvalue weighted by atomic mass is 16.3. The maximum atomic E-state index is 7.18. The Bertz CT molecular complexity index is 4070. The van der Waals surface area contributed by atoms with E-state index in [0.717, 1.165) is 66.8 Å². The predicted molar refractivity (Wildman–Crippen MR) is 291 cm³/mol. The van der Waals surface area contributed by atoms with Crippen molar-refractivity contribution in [1.82, 2.24) is 4.57 Å². The molecule has 1 aliphatic rings. The lowest BCUT2D eigenvalue weighted by Crippen LogP contribution is -2.28. The molecule has 3 heteroatoms. The number of rotatable bonds is 8. The van der Waals surface area contributed by atoms with E-state index in [9.17, 15) is 0 Å². The van der Waals surface area contributed by atoms with Gasteiger partial charge in [0.2, 0.25) is 0 Å². The van der Waals surface area contributed by atoms with Crippen LogP contribution in [0.15, 0.2) is 271 Å². The Hall–Kier alpha value is -9.18. The first-order valence-electron chi connectivity index (χ1n) is 24.1. The van der Waals surface area contributed by atoms with Crippen molar-refractivity contribution in [2.45, 2.75) is 5.41 Å². The summed E-state index contributed by atoms with van der Waals surface area (Å²) in [4.78, 5) is 2.45. The molecule has 70 heavy (non-hydrogen) atoms. The zero-order chi connectivity index (χ0) is 46.2. The van der Waals surface area contributed by atoms with Gasteiger partial charge in [0.1, 0.15) is 11.1 Å². The number of benzene rings is 11. The molecule has 0 spiro atoms. The highest BCUT2D eigenvalue weighted by Gasteiger charge is 2.46. The van der Waals surface area contributed by atoms with E-state index in [2.05, 4.69) is 276 Å². The van der Waals surface area contributed by atoms with Crippen LogP contribution in [-0.2, 0) is 5.41 Å². The van der Waals surface area contributed by atoms with Crippen LogP contribution in [0.2, 0.25) is 0 Å². The Morgan fingerprint density at radius 2 is 0.914 bits per heavy atom. The molecule has 0 radical (unpaired) electrons. The number of fused-ring (bicyclic) bond motifs is 9. The largest absolute Gasteiger partial charge is 0.453 e. The molecule has 3 nitrogen and oxygen atoms in total. The fraction of sp³-hybridized carbons (Fsp3) is 0.0149. The van der Waals surface area contributed by atoms with Crippen molar-refractivity contribution in [1.29, 1.82) is 0 Å². The topological polar surface area (TPSA) is 21.3 Å². The van der Waals surface area contributed by atoms with Crippen LogP contribution < -0.4 is 4.90 Å². The summed E-state index contributed by atoms with van der Waals surface area (Å²) < 4.78 is 9.53. The number of aromatic nitrogens is 1. The zero-order valence-corrected chi connectivity index (χ0v) is 38.2. The molecule has 0 N–H and O–H groups in total. The van der Waals surface area contributed by atoms with Crippen LogP contribution in [0.5, 0.6) is 0 Å². The van der Waals surface area contributed by atoms with Crippen LogP contribution in [-0.4, -0.2) is 4.57 Å². The quantitative estimate of drug-likeness (QED) is 0.152. The maximum Gasteiger partial charge on any atom is 0.161 e. The van der Waals surface area contributed by atoms with Gasteiger partial charge in [-0.2, -0.15) is 0 Å². The van der Waals surface area contributed by atoms with E-state index in [4.69, 9.17) is 4.42 Å². The van der Waals surface area contributed by atoms with Gasteiger partial charge in [0, 0.05) is 39.0 Å². The van der Waals surface area contributed by atoms with Crippen molar-refractivity contribution in [3.63, 3.8) is 0 Å². The summed E-state index contributed by atoms with van der Waals surface area (Å²) in [5.41, 5.74) is 19.6. The van der Waals surface area contributed by atoms with Gasteiger partial charge >= 0.3 is 0 Å². The molecule has 0 saturated carbocycles. The third-order valence-corrected chi connectivity index (χ3v) is 14.7. The van der Waals surface area contributed by atoms with Crippen LogP contribution in [0.3, 0.4) is 0 Å². The van der Waals surface area contributed by atoms with Gasteiger partial charge in [0.15, 0.2) is 5.58 Å². The van der Waals surface area contributed by atoms with Crippen LogP contribution in [0.4, 0.5) is 17.1 Å². The summed E-state index contributed by atoms with van der Waals surface area (Å²) in [5.74, 6) is 0. The molecule has 2 heterocycles. The normalized spacial score (nSPS) is 12.7. The third kappa shape index (κ3) is 5.95. The second kappa shape index (κ2) is 16.0. The third-order valence-electron chi connectivity index (χ3n) is 14.7. The highest BCUT2D eigenvalue weighted by molar-refractivity contribution is 6.19. The van der Waals surface area contributed by atoms with Crippen LogP contribution >= 0.6 is 0 Å². The summed E-state index contributed by atoms with van der Waals surface area (Å²) in [6.07, 6.45) is 0. The van der Waals surface area contributed by atoms with Crippen molar-refractivity contribution in [2.75, 3.05) is 4.90 Å². The summed E-state index contributed by atoms with van der Waals surface area (Å²) >= 11 is 0. The second-order valence-corrected chi connectivity index (χ2v) is 18.3. The minimum atomic E-state index is -0.560. The average Bonchev–Trinajstić information content (AvgIpc) is 4.08. The van der Waals surface area contributed by atoms with E-state index in [1.165, 1.54) is 55.3 Å². The lowest BCUT2D eigenvalue weighted by atomic mass is 9.67. The minimum absolute atomic E-state index is 0.560. The standard InChI is InChI=1S/C67H44N2O/c1-4-22-47(23-5-1)67(48-24-6-2-7-25-48)60-35-15-12-29-54(60)55-43-42-51(44-61(55)67)68(50-40-38-46(39-41-50)53-32-18-21-45-20-10-11-28-52(45)53)62-36-16-13-30-56(62)57-33-19-34-59-64-66(70-65(57)59)58-31-14-17-37-63(58)69(64)49-26-8-3-9-27-49/h1-44H. The molecule has 1 aliphatic carbocycles. The van der Waals surface area contributed by atoms with E-state index in [-0.39, 0.29) is 0 Å². The molecule has 328 valence electrons. The predicted octanol–water partition coefficient (Wildman–Crippen LogP) is 17.8. The van der Waals surface area contributed by atoms with Gasteiger partial charge in [-0.05, 0) is 116 Å². The first-order valence-corrected chi connectivity index (χ1v) is 24.1. The fourth-order valence-electron chi connectivity index (χ4n) is 11.7. The van der Waals surface area contributed by atoms with Crippen LogP contribution in [0, 0.1) is 0 Å². The van der Waals surface area contributed by atoms with E-state index in [0.29, 0.717) is 0 Å². The first-order chi connectivity index (χ1) is 34.8. The summed E-state index contributed by atoms with van der Waals surface area (Å²) in [5, 5.41) is 4.62. The van der Waals surface area contributed by atoms with E-state index in [1.807, 2.05) is 0 Å². The molecule has 14 rings (SSSR count). The Kier molecular flexibility index (Phi) is 9.11. The molecule has 0 fully saturated rings. The molecule has 0 unspecified atom stereocenters. The Morgan fingerprint density at radius 3 is 1.70 bits per heavy atom. The van der Waals surface area contributed by atoms with Crippen molar-refractivity contribution >= 4 is 60.8 Å². The molecule has 0 saturated heterocycles. The molecule has 0 atom stereocenters. The van der Waals surface area contributed by atoms with E-state index in [1.54, 1.807) is 0 Å². The van der Waals surface area contributed by atoms with Crippen LogP contribution in [0.1, 0.15) is 22.3 Å². The van der Waals surface area contributed by atoms with E-state index < -0.39 is 5.41 Å². The molecule has 13 aromatic rings. The Balaban J connectivity index is 1.02. The van der Waals surface area contributed by atoms with Gasteiger partial charge in [-0.1, -0.05) is 206 Å². The monoisotopic (exact) mass is 892 g/mol. The van der Waals surface area contributed by atoms with Crippen molar-refractivity contribution in [2.24, 2.45) is 0 Å². The van der Waals surface area contributed by atoms with Crippen molar-refractivity contribution < 1.29 is 4.42 Å². The van der Waals surface area contributed by atoms with Crippen LogP contribution in [0.25, 0.3) is 82.8 Å². The number of nitrogens with zero attached hydrogens (tertiary/aromatic N) is 2. The van der Waals surface area contributed by atoms with Crippen molar-refractivity contribution in [3.05, 3.63) is 289 Å². The molecular formula is C67H44N2O. The molecule has 2 aromatic heterocycles. The zero-order valence-electron chi connectivity index (χ0n) is 38.2. The molecule has 0 bridgehead atoms. The number of hydrogen-bond donors (Lipinski definition) is 0. The summed E-state index contributed by atoms with van der Waals surface area (Å²) in [6, 6.07) is 97.2. The Morgan fingerprint density at radius 1 is 0.357 bits per heavy atom. The highest BCUT2D eigenvalue weighted by Crippen LogP contribution is 2.58. The van der Waals surface area contributed by atoms with Crippen molar-refractivity contribution in [3.8, 4) is 39.1 Å². The lowest BCUT2D eigenvalue weighted by molar-refractivity contribution is 0.674. The Labute approximate surface area is 406 Å². The molecular weight excluding hydrogens is 849 g/mol. The second-order valence-electron chi connectivity index (χ2n) is 18.3. The number of hydrogen-bond acceptors (Lipinski definition) is 2. The molecule has 0 aliphatic heterocycles. The number of para-hydroxylation sites is 4. The van der Waals surface area contributed by atoms with Gasteiger partial charge in [-0.3, -0.25) is 0 Å². The van der Waals surface area contributed by atoms with Gasteiger partial charge in [0.25, 0.3) is 0 Å². The number of anilines is 3.